The van der Waals surface area contributed by atoms with Gasteiger partial charge < -0.3 is 5.11 Å². The van der Waals surface area contributed by atoms with E-state index >= 15 is 0 Å². The van der Waals surface area contributed by atoms with Crippen LogP contribution in [0, 0.1) is 5.82 Å². The van der Waals surface area contributed by atoms with Crippen LogP contribution < -0.4 is 0 Å². The molecule has 16 heavy (non-hydrogen) atoms. The molecule has 5 heteroatoms. The Morgan fingerprint density at radius 3 is 2.50 bits per heavy atom. The van der Waals surface area contributed by atoms with Gasteiger partial charge in [-0.05, 0) is 40.2 Å². The fraction of sp³-hybridized carbons (Fsp3) is 0.0909. The van der Waals surface area contributed by atoms with Gasteiger partial charge in [0.1, 0.15) is 11.9 Å². The van der Waals surface area contributed by atoms with E-state index in [2.05, 4.69) is 31.9 Å². The maximum absolute atomic E-state index is 13.6. The number of hydrogen-bond acceptors (Lipinski definition) is 2. The van der Waals surface area contributed by atoms with Gasteiger partial charge in [0.2, 0.25) is 0 Å². The van der Waals surface area contributed by atoms with Crippen LogP contribution in [0.4, 0.5) is 4.39 Å². The summed E-state index contributed by atoms with van der Waals surface area (Å²) in [5.74, 6) is -0.411. The lowest BCUT2D eigenvalue weighted by Gasteiger charge is -2.10. The fourth-order valence-corrected chi connectivity index (χ4v) is 3.11. The summed E-state index contributed by atoms with van der Waals surface area (Å²) >= 11 is 7.88. The van der Waals surface area contributed by atoms with E-state index in [0.29, 0.717) is 9.35 Å². The van der Waals surface area contributed by atoms with E-state index in [1.165, 1.54) is 17.4 Å². The molecule has 0 saturated heterocycles. The minimum atomic E-state index is -0.913. The topological polar surface area (TPSA) is 20.2 Å². The first-order valence-corrected chi connectivity index (χ1v) is 6.86. The monoisotopic (exact) mass is 364 g/mol. The van der Waals surface area contributed by atoms with Crippen molar-refractivity contribution in [2.24, 2.45) is 0 Å². The molecule has 0 saturated carbocycles. The second-order valence-corrected chi connectivity index (χ2v) is 6.62. The zero-order valence-electron chi connectivity index (χ0n) is 7.95. The molecule has 0 bridgehead atoms. The number of halogens is 3. The predicted octanol–water partition coefficient (Wildman–Crippen LogP) is 4.49. The van der Waals surface area contributed by atoms with Gasteiger partial charge in [-0.25, -0.2) is 4.39 Å². The first kappa shape index (κ1) is 12.2. The van der Waals surface area contributed by atoms with Gasteiger partial charge in [0.25, 0.3) is 0 Å². The lowest BCUT2D eigenvalue weighted by molar-refractivity contribution is 0.218. The summed E-state index contributed by atoms with van der Waals surface area (Å²) < 4.78 is 15.2. The van der Waals surface area contributed by atoms with Crippen molar-refractivity contribution in [3.63, 3.8) is 0 Å². The van der Waals surface area contributed by atoms with E-state index in [0.717, 1.165) is 3.79 Å². The molecule has 0 radical (unpaired) electrons. The molecular weight excluding hydrogens is 359 g/mol. The Bertz CT molecular complexity index is 512. The highest BCUT2D eigenvalue weighted by Gasteiger charge is 2.16. The Morgan fingerprint density at radius 1 is 1.19 bits per heavy atom. The van der Waals surface area contributed by atoms with Gasteiger partial charge in [0.15, 0.2) is 0 Å². The summed E-state index contributed by atoms with van der Waals surface area (Å²) in [6.07, 6.45) is -0.913. The molecule has 2 aromatic rings. The van der Waals surface area contributed by atoms with Crippen molar-refractivity contribution in [3.8, 4) is 0 Å². The van der Waals surface area contributed by atoms with E-state index < -0.39 is 11.9 Å². The fourth-order valence-electron chi connectivity index (χ4n) is 1.35. The molecule has 1 aromatic carbocycles. The highest BCUT2D eigenvalue weighted by Crippen LogP contribution is 2.32. The number of aliphatic hydroxyl groups excluding tert-OH is 1. The highest BCUT2D eigenvalue weighted by atomic mass is 79.9. The molecule has 0 aliphatic rings. The first-order valence-electron chi connectivity index (χ1n) is 4.46. The molecule has 1 nitrogen and oxygen atoms in total. The second kappa shape index (κ2) is 4.96. The Hall–Kier alpha value is -0.230. The SMILES string of the molecule is OC(c1ccc(Br)s1)c1ccc(Br)cc1F. The average Bonchev–Trinajstić information content (AvgIpc) is 2.64. The van der Waals surface area contributed by atoms with Crippen molar-refractivity contribution in [3.05, 3.63) is 54.8 Å². The lowest BCUT2D eigenvalue weighted by atomic mass is 10.1. The molecule has 0 aliphatic carbocycles. The molecular formula is C11H7Br2FOS. The molecule has 0 aliphatic heterocycles. The summed E-state index contributed by atoms with van der Waals surface area (Å²) in [6.45, 7) is 0. The van der Waals surface area contributed by atoms with Gasteiger partial charge >= 0.3 is 0 Å². The first-order chi connectivity index (χ1) is 7.58. The quantitative estimate of drug-likeness (QED) is 0.831. The summed E-state index contributed by atoms with van der Waals surface area (Å²) in [5.41, 5.74) is 0.289. The Balaban J connectivity index is 2.37. The zero-order valence-corrected chi connectivity index (χ0v) is 11.9. The third kappa shape index (κ3) is 2.53. The van der Waals surface area contributed by atoms with Crippen molar-refractivity contribution in [1.29, 1.82) is 0 Å². The zero-order chi connectivity index (χ0) is 11.7. The minimum Gasteiger partial charge on any atom is -0.383 e. The summed E-state index contributed by atoms with van der Waals surface area (Å²) in [7, 11) is 0. The molecule has 2 rings (SSSR count). The molecule has 1 atom stereocenters. The van der Waals surface area contributed by atoms with E-state index in [4.69, 9.17) is 0 Å². The van der Waals surface area contributed by atoms with Crippen LogP contribution in [0.15, 0.2) is 38.6 Å². The third-order valence-corrected chi connectivity index (χ3v) is 4.29. The third-order valence-electron chi connectivity index (χ3n) is 2.12. The van der Waals surface area contributed by atoms with Gasteiger partial charge in [-0.2, -0.15) is 0 Å². The number of hydrogen-bond donors (Lipinski definition) is 1. The van der Waals surface area contributed by atoms with Crippen molar-refractivity contribution >= 4 is 43.2 Å². The molecule has 0 fully saturated rings. The average molecular weight is 366 g/mol. The van der Waals surface area contributed by atoms with Crippen LogP contribution in [-0.4, -0.2) is 5.11 Å². The van der Waals surface area contributed by atoms with Crippen LogP contribution >= 0.6 is 43.2 Å². The lowest BCUT2D eigenvalue weighted by Crippen LogP contribution is -2.00. The van der Waals surface area contributed by atoms with E-state index in [9.17, 15) is 9.50 Å². The van der Waals surface area contributed by atoms with Gasteiger partial charge in [0.05, 0.1) is 3.79 Å². The normalized spacial score (nSPS) is 12.8. The van der Waals surface area contributed by atoms with Crippen LogP contribution in [0.5, 0.6) is 0 Å². The van der Waals surface area contributed by atoms with Gasteiger partial charge in [-0.1, -0.05) is 22.0 Å². The van der Waals surface area contributed by atoms with Crippen molar-refractivity contribution < 1.29 is 9.50 Å². The largest absolute Gasteiger partial charge is 0.383 e. The maximum Gasteiger partial charge on any atom is 0.130 e. The minimum absolute atomic E-state index is 0.289. The Kier molecular flexibility index (Phi) is 3.79. The van der Waals surface area contributed by atoms with Crippen molar-refractivity contribution in [2.75, 3.05) is 0 Å². The molecule has 1 N–H and O–H groups in total. The Labute approximate surface area is 113 Å². The standard InChI is InChI=1S/C11H7Br2FOS/c12-6-1-2-7(8(14)5-6)11(15)9-3-4-10(13)16-9/h1-5,11,15H. The van der Waals surface area contributed by atoms with Crippen LogP contribution in [0.3, 0.4) is 0 Å². The molecule has 0 spiro atoms. The van der Waals surface area contributed by atoms with E-state index in [1.54, 1.807) is 18.2 Å². The smallest absolute Gasteiger partial charge is 0.130 e. The van der Waals surface area contributed by atoms with E-state index in [-0.39, 0.29) is 5.56 Å². The molecule has 1 unspecified atom stereocenters. The Morgan fingerprint density at radius 2 is 1.94 bits per heavy atom. The van der Waals surface area contributed by atoms with Crippen LogP contribution in [0.1, 0.15) is 16.5 Å². The number of benzene rings is 1. The second-order valence-electron chi connectivity index (χ2n) is 3.21. The van der Waals surface area contributed by atoms with E-state index in [1.807, 2.05) is 6.07 Å². The van der Waals surface area contributed by atoms with Gasteiger partial charge in [0, 0.05) is 14.9 Å². The number of rotatable bonds is 2. The predicted molar refractivity (Wildman–Crippen MR) is 70.2 cm³/mol. The molecule has 1 heterocycles. The van der Waals surface area contributed by atoms with Gasteiger partial charge in [-0.15, -0.1) is 11.3 Å². The number of thiophene rings is 1. The van der Waals surface area contributed by atoms with Crippen molar-refractivity contribution in [2.45, 2.75) is 6.10 Å². The van der Waals surface area contributed by atoms with Crippen LogP contribution in [0.2, 0.25) is 0 Å². The van der Waals surface area contributed by atoms with Crippen LogP contribution in [0.25, 0.3) is 0 Å². The maximum atomic E-state index is 13.6. The summed E-state index contributed by atoms with van der Waals surface area (Å²) in [6, 6.07) is 8.25. The number of aliphatic hydroxyl groups is 1. The highest BCUT2D eigenvalue weighted by molar-refractivity contribution is 9.11. The molecule has 1 aromatic heterocycles. The van der Waals surface area contributed by atoms with Crippen molar-refractivity contribution in [1.82, 2.24) is 0 Å². The molecule has 0 amide bonds. The molecule has 84 valence electrons. The summed E-state index contributed by atoms with van der Waals surface area (Å²) in [4.78, 5) is 0.716. The van der Waals surface area contributed by atoms with Gasteiger partial charge in [-0.3, -0.25) is 0 Å². The van der Waals surface area contributed by atoms with Crippen LogP contribution in [-0.2, 0) is 0 Å². The summed E-state index contributed by atoms with van der Waals surface area (Å²) in [5, 5.41) is 10.0.